The molecule has 2 aromatic carbocycles. The number of hydrogen-bond donors (Lipinski definition) is 3. The van der Waals surface area contributed by atoms with Crippen molar-refractivity contribution in [3.8, 4) is 11.3 Å². The van der Waals surface area contributed by atoms with Crippen LogP contribution in [0.5, 0.6) is 0 Å². The van der Waals surface area contributed by atoms with Gasteiger partial charge in [0.15, 0.2) is 5.13 Å². The predicted octanol–water partition coefficient (Wildman–Crippen LogP) is 6.18. The lowest BCUT2D eigenvalue weighted by molar-refractivity contribution is 0.0954. The van der Waals surface area contributed by atoms with E-state index in [1.54, 1.807) is 30.3 Å². The number of anilines is 1. The minimum atomic E-state index is -1.03. The smallest absolute Gasteiger partial charge is 0.257 e. The third kappa shape index (κ3) is 5.10. The Kier molecular flexibility index (Phi) is 7.11. The molecule has 0 fully saturated rings. The Morgan fingerprint density at radius 1 is 1.21 bits per heavy atom. The number of hydrogen-bond acceptors (Lipinski definition) is 6. The van der Waals surface area contributed by atoms with E-state index in [9.17, 15) is 9.90 Å². The minimum absolute atomic E-state index is 0.260. The molecule has 9 heteroatoms. The van der Waals surface area contributed by atoms with Crippen LogP contribution in [0.4, 0.5) is 5.13 Å². The molecular formula is C24H21BrClN3O3S. The van der Waals surface area contributed by atoms with Crippen molar-refractivity contribution < 1.29 is 15.0 Å². The Morgan fingerprint density at radius 3 is 2.58 bits per heavy atom. The number of aliphatic hydroxyl groups is 2. The number of fused-ring (bicyclic) bond motifs is 1. The zero-order chi connectivity index (χ0) is 23.7. The molecule has 170 valence electrons. The number of nitrogens with one attached hydrogen (secondary N) is 1. The average Bonchev–Trinajstić information content (AvgIpc) is 3.18. The molecule has 1 atom stereocenters. The maximum atomic E-state index is 12.8. The molecule has 0 saturated heterocycles. The van der Waals surface area contributed by atoms with Crippen LogP contribution in [0.3, 0.4) is 0 Å². The van der Waals surface area contributed by atoms with Crippen molar-refractivity contribution in [2.45, 2.75) is 25.9 Å². The van der Waals surface area contributed by atoms with Gasteiger partial charge in [0, 0.05) is 27.4 Å². The van der Waals surface area contributed by atoms with E-state index >= 15 is 0 Å². The average molecular weight is 547 g/mol. The Balaban J connectivity index is 1.52. The number of benzene rings is 2. The summed E-state index contributed by atoms with van der Waals surface area (Å²) in [6.07, 6.45) is 0.439. The van der Waals surface area contributed by atoms with Crippen molar-refractivity contribution in [2.24, 2.45) is 0 Å². The Hall–Kier alpha value is -2.36. The molecular weight excluding hydrogens is 526 g/mol. The van der Waals surface area contributed by atoms with E-state index in [2.05, 4.69) is 51.1 Å². The van der Waals surface area contributed by atoms with E-state index in [4.69, 9.17) is 16.7 Å². The number of carbonyl (C=O) groups is 1. The van der Waals surface area contributed by atoms with Crippen molar-refractivity contribution >= 4 is 60.1 Å². The molecule has 2 aromatic heterocycles. The van der Waals surface area contributed by atoms with Crippen LogP contribution in [0.2, 0.25) is 5.02 Å². The molecule has 33 heavy (non-hydrogen) atoms. The van der Waals surface area contributed by atoms with Gasteiger partial charge in [-0.25, -0.2) is 4.98 Å². The second-order valence-electron chi connectivity index (χ2n) is 7.84. The van der Waals surface area contributed by atoms with E-state index in [1.165, 1.54) is 23.1 Å². The van der Waals surface area contributed by atoms with E-state index in [0.717, 1.165) is 20.3 Å². The van der Waals surface area contributed by atoms with Gasteiger partial charge in [0.25, 0.3) is 5.91 Å². The van der Waals surface area contributed by atoms with Crippen molar-refractivity contribution in [2.75, 3.05) is 11.9 Å². The van der Waals surface area contributed by atoms with Crippen LogP contribution in [0.15, 0.2) is 53.1 Å². The van der Waals surface area contributed by atoms with E-state index in [-0.39, 0.29) is 5.91 Å². The SMILES string of the molecule is CC(C)c1cc2sc(NC(=O)c3ccc(-c4ncc([C@@H](O)CO)cc4Cl)cc3)nc2cc1Br. The van der Waals surface area contributed by atoms with Crippen molar-refractivity contribution in [3.05, 3.63) is 74.8 Å². The topological polar surface area (TPSA) is 95.3 Å². The Bertz CT molecular complexity index is 1320. The fourth-order valence-corrected chi connectivity index (χ4v) is 5.33. The molecule has 1 amide bonds. The first-order valence-electron chi connectivity index (χ1n) is 10.2. The normalized spacial score (nSPS) is 12.3. The van der Waals surface area contributed by atoms with Gasteiger partial charge >= 0.3 is 0 Å². The minimum Gasteiger partial charge on any atom is -0.393 e. The summed E-state index contributed by atoms with van der Waals surface area (Å²) < 4.78 is 2.03. The number of nitrogens with zero attached hydrogens (tertiary/aromatic N) is 2. The fourth-order valence-electron chi connectivity index (χ4n) is 3.36. The van der Waals surface area contributed by atoms with Crippen LogP contribution in [-0.2, 0) is 0 Å². The summed E-state index contributed by atoms with van der Waals surface area (Å²) in [7, 11) is 0. The molecule has 0 unspecified atom stereocenters. The third-order valence-electron chi connectivity index (χ3n) is 5.19. The molecule has 2 heterocycles. The number of amides is 1. The number of pyridine rings is 1. The zero-order valence-electron chi connectivity index (χ0n) is 17.8. The number of thiazole rings is 1. The van der Waals surface area contributed by atoms with Crippen molar-refractivity contribution in [3.63, 3.8) is 0 Å². The quantitative estimate of drug-likeness (QED) is 0.269. The monoisotopic (exact) mass is 545 g/mol. The second kappa shape index (κ2) is 9.87. The van der Waals surface area contributed by atoms with Gasteiger partial charge < -0.3 is 10.2 Å². The van der Waals surface area contributed by atoms with Gasteiger partial charge in [-0.05, 0) is 41.8 Å². The highest BCUT2D eigenvalue weighted by molar-refractivity contribution is 9.10. The zero-order valence-corrected chi connectivity index (χ0v) is 21.0. The third-order valence-corrected chi connectivity index (χ3v) is 7.10. The van der Waals surface area contributed by atoms with Crippen LogP contribution >= 0.6 is 38.9 Å². The molecule has 6 nitrogen and oxygen atoms in total. The van der Waals surface area contributed by atoms with Crippen LogP contribution in [-0.4, -0.2) is 32.7 Å². The predicted molar refractivity (Wildman–Crippen MR) is 136 cm³/mol. The molecule has 0 spiro atoms. The first-order valence-corrected chi connectivity index (χ1v) is 12.2. The van der Waals surface area contributed by atoms with Gasteiger partial charge in [-0.3, -0.25) is 15.1 Å². The van der Waals surface area contributed by atoms with Gasteiger partial charge in [0.2, 0.25) is 0 Å². The summed E-state index contributed by atoms with van der Waals surface area (Å²) in [5, 5.41) is 22.6. The van der Waals surface area contributed by atoms with Gasteiger partial charge in [0.05, 0.1) is 27.5 Å². The van der Waals surface area contributed by atoms with Gasteiger partial charge in [-0.15, -0.1) is 0 Å². The van der Waals surface area contributed by atoms with E-state index in [1.807, 2.05) is 6.07 Å². The van der Waals surface area contributed by atoms with Crippen LogP contribution in [0, 0.1) is 0 Å². The van der Waals surface area contributed by atoms with Crippen LogP contribution in [0.1, 0.15) is 47.4 Å². The molecule has 0 aliphatic heterocycles. The summed E-state index contributed by atoms with van der Waals surface area (Å²) >= 11 is 11.3. The summed E-state index contributed by atoms with van der Waals surface area (Å²) in [5.41, 5.74) is 4.20. The lowest BCUT2D eigenvalue weighted by atomic mass is 10.0. The highest BCUT2D eigenvalue weighted by Crippen LogP contribution is 2.34. The second-order valence-corrected chi connectivity index (χ2v) is 10.1. The molecule has 0 saturated carbocycles. The number of halogens is 2. The maximum Gasteiger partial charge on any atom is 0.257 e. The highest BCUT2D eigenvalue weighted by Gasteiger charge is 2.15. The van der Waals surface area contributed by atoms with Gasteiger partial charge in [0.1, 0.15) is 6.10 Å². The van der Waals surface area contributed by atoms with E-state index < -0.39 is 12.7 Å². The van der Waals surface area contributed by atoms with Gasteiger partial charge in [-0.2, -0.15) is 0 Å². The number of carbonyl (C=O) groups excluding carboxylic acids is 1. The van der Waals surface area contributed by atoms with E-state index in [0.29, 0.717) is 32.9 Å². The first-order chi connectivity index (χ1) is 15.8. The first kappa shape index (κ1) is 23.8. The molecule has 4 aromatic rings. The number of aliphatic hydroxyl groups excluding tert-OH is 2. The van der Waals surface area contributed by atoms with Crippen LogP contribution in [0.25, 0.3) is 21.5 Å². The molecule has 0 bridgehead atoms. The molecule has 4 rings (SSSR count). The lowest BCUT2D eigenvalue weighted by Crippen LogP contribution is -2.11. The molecule has 0 radical (unpaired) electrons. The van der Waals surface area contributed by atoms with Crippen molar-refractivity contribution in [1.82, 2.24) is 9.97 Å². The van der Waals surface area contributed by atoms with Gasteiger partial charge in [-0.1, -0.05) is 64.8 Å². The Labute approximate surface area is 208 Å². The summed E-state index contributed by atoms with van der Waals surface area (Å²) in [5.74, 6) is 0.116. The lowest BCUT2D eigenvalue weighted by Gasteiger charge is -2.10. The highest BCUT2D eigenvalue weighted by atomic mass is 79.9. The summed E-state index contributed by atoms with van der Waals surface area (Å²) in [4.78, 5) is 21.6. The Morgan fingerprint density at radius 2 is 1.94 bits per heavy atom. The van der Waals surface area contributed by atoms with Crippen molar-refractivity contribution in [1.29, 1.82) is 0 Å². The standard InChI is InChI=1S/C24H21BrClN3O3S/c1-12(2)16-8-21-19(9-17(16)25)28-24(33-21)29-23(32)14-5-3-13(4-6-14)22-18(26)7-15(10-27-22)20(31)11-30/h3-10,12,20,30-31H,11H2,1-2H3,(H,28,29,32)/t20-/m0/s1. The van der Waals surface area contributed by atoms with Crippen LogP contribution < -0.4 is 5.32 Å². The number of aromatic nitrogens is 2. The summed E-state index contributed by atoms with van der Waals surface area (Å²) in [6.45, 7) is 3.86. The largest absolute Gasteiger partial charge is 0.393 e. The summed E-state index contributed by atoms with van der Waals surface area (Å²) in [6, 6.07) is 12.6. The molecule has 0 aliphatic carbocycles. The molecule has 0 aliphatic rings. The number of rotatable bonds is 6. The maximum absolute atomic E-state index is 12.8. The fraction of sp³-hybridized carbons (Fsp3) is 0.208. The molecule has 3 N–H and O–H groups in total.